The highest BCUT2D eigenvalue weighted by molar-refractivity contribution is 5.95. The van der Waals surface area contributed by atoms with E-state index in [0.717, 1.165) is 35.0 Å². The molecule has 4 aromatic rings. The number of ether oxygens (including phenoxy) is 1. The predicted molar refractivity (Wildman–Crippen MR) is 124 cm³/mol. The first-order valence-corrected chi connectivity index (χ1v) is 10.9. The zero-order valence-corrected chi connectivity index (χ0v) is 18.6. The molecule has 0 radical (unpaired) electrons. The number of likely N-dealkylation sites (tertiary alicyclic amines) is 1. The van der Waals surface area contributed by atoms with E-state index >= 15 is 0 Å². The molecule has 164 valence electrons. The number of rotatable bonds is 5. The van der Waals surface area contributed by atoms with Gasteiger partial charge in [-0.1, -0.05) is 12.1 Å². The summed E-state index contributed by atoms with van der Waals surface area (Å²) >= 11 is 0. The zero-order chi connectivity index (χ0) is 22.3. The van der Waals surface area contributed by atoms with Gasteiger partial charge < -0.3 is 9.64 Å². The summed E-state index contributed by atoms with van der Waals surface area (Å²) in [4.78, 5) is 15.3. The molecule has 0 bridgehead atoms. The number of aromatic amines is 1. The molecule has 5 rings (SSSR count). The maximum atomic E-state index is 13.3. The lowest BCUT2D eigenvalue weighted by Gasteiger charge is -2.31. The van der Waals surface area contributed by atoms with Gasteiger partial charge in [0.2, 0.25) is 0 Å². The maximum absolute atomic E-state index is 13.3. The Balaban J connectivity index is 1.35. The Hall–Kier alpha value is -3.61. The molecule has 2 aromatic heterocycles. The fraction of sp³-hybridized carbons (Fsp3) is 0.320. The van der Waals surface area contributed by atoms with Crippen molar-refractivity contribution in [1.82, 2.24) is 24.9 Å². The smallest absolute Gasteiger partial charge is 0.254 e. The number of fused-ring (bicyclic) bond motifs is 1. The van der Waals surface area contributed by atoms with Crippen molar-refractivity contribution in [1.29, 1.82) is 0 Å². The Bertz CT molecular complexity index is 1260. The third-order valence-corrected chi connectivity index (χ3v) is 6.43. The van der Waals surface area contributed by atoms with Gasteiger partial charge in [-0.15, -0.1) is 0 Å². The van der Waals surface area contributed by atoms with Crippen LogP contribution in [-0.4, -0.2) is 50.0 Å². The Kier molecular flexibility index (Phi) is 4.96. The van der Waals surface area contributed by atoms with Crippen LogP contribution in [0.2, 0.25) is 0 Å². The molecule has 3 heterocycles. The number of carbonyl (C=O) groups is 1. The number of nitrogens with zero attached hydrogens (tertiary/aromatic N) is 4. The van der Waals surface area contributed by atoms with Crippen LogP contribution in [0.5, 0.6) is 5.75 Å². The van der Waals surface area contributed by atoms with Gasteiger partial charge in [0.15, 0.2) is 0 Å². The Morgan fingerprint density at radius 2 is 2.06 bits per heavy atom. The van der Waals surface area contributed by atoms with Gasteiger partial charge in [-0.2, -0.15) is 10.2 Å². The average molecular weight is 430 g/mol. The zero-order valence-electron chi connectivity index (χ0n) is 18.6. The molecule has 2 aromatic carbocycles. The topological polar surface area (TPSA) is 76.0 Å². The van der Waals surface area contributed by atoms with E-state index in [9.17, 15) is 4.79 Å². The second kappa shape index (κ2) is 7.82. The van der Waals surface area contributed by atoms with Crippen molar-refractivity contribution < 1.29 is 9.53 Å². The standard InChI is InChI=1S/C25H27N5O2/c1-25(2)11-17(15-29(25)24(31)19-5-4-6-22(10-19)32-3)16-30-23-8-7-18(9-20(23)14-28-30)21-12-26-27-13-21/h4-10,12-14,17H,11,15-16H2,1-3H3,(H,26,27). The minimum absolute atomic E-state index is 0.0477. The van der Waals surface area contributed by atoms with E-state index in [2.05, 4.69) is 52.0 Å². The minimum atomic E-state index is -0.220. The molecule has 0 aliphatic carbocycles. The highest BCUT2D eigenvalue weighted by Crippen LogP contribution is 2.35. The third kappa shape index (κ3) is 3.64. The fourth-order valence-corrected chi connectivity index (χ4v) is 4.84. The summed E-state index contributed by atoms with van der Waals surface area (Å²) in [5, 5.41) is 12.6. The first-order chi connectivity index (χ1) is 15.4. The molecule has 0 saturated carbocycles. The van der Waals surface area contributed by atoms with Crippen LogP contribution in [0, 0.1) is 5.92 Å². The normalized spacial score (nSPS) is 17.7. The largest absolute Gasteiger partial charge is 0.497 e. The summed E-state index contributed by atoms with van der Waals surface area (Å²) in [5.74, 6) is 1.07. The van der Waals surface area contributed by atoms with Crippen LogP contribution in [0.4, 0.5) is 0 Å². The van der Waals surface area contributed by atoms with E-state index in [-0.39, 0.29) is 11.4 Å². The van der Waals surface area contributed by atoms with Crippen LogP contribution in [0.25, 0.3) is 22.0 Å². The van der Waals surface area contributed by atoms with Crippen molar-refractivity contribution in [3.05, 3.63) is 66.6 Å². The molecule has 32 heavy (non-hydrogen) atoms. The van der Waals surface area contributed by atoms with E-state index in [1.807, 2.05) is 47.8 Å². The van der Waals surface area contributed by atoms with Gasteiger partial charge in [0.25, 0.3) is 5.91 Å². The van der Waals surface area contributed by atoms with E-state index in [0.29, 0.717) is 23.8 Å². The van der Waals surface area contributed by atoms with E-state index < -0.39 is 0 Å². The second-order valence-electron chi connectivity index (χ2n) is 9.12. The third-order valence-electron chi connectivity index (χ3n) is 6.43. The second-order valence-corrected chi connectivity index (χ2v) is 9.12. The monoisotopic (exact) mass is 429 g/mol. The molecule has 7 nitrogen and oxygen atoms in total. The number of methoxy groups -OCH3 is 1. The SMILES string of the molecule is COc1cccc(C(=O)N2CC(Cn3ncc4cc(-c5cn[nH]c5)ccc43)CC2(C)C)c1. The lowest BCUT2D eigenvalue weighted by atomic mass is 9.96. The van der Waals surface area contributed by atoms with Gasteiger partial charge in [-0.25, -0.2) is 0 Å². The minimum Gasteiger partial charge on any atom is -0.497 e. The van der Waals surface area contributed by atoms with Crippen LogP contribution in [0.3, 0.4) is 0 Å². The van der Waals surface area contributed by atoms with Gasteiger partial charge in [0, 0.05) is 41.3 Å². The maximum Gasteiger partial charge on any atom is 0.254 e. The highest BCUT2D eigenvalue weighted by Gasteiger charge is 2.41. The molecule has 7 heteroatoms. The summed E-state index contributed by atoms with van der Waals surface area (Å²) in [7, 11) is 1.62. The lowest BCUT2D eigenvalue weighted by molar-refractivity contribution is 0.0649. The number of hydrogen-bond acceptors (Lipinski definition) is 4. The number of benzene rings is 2. The predicted octanol–water partition coefficient (Wildman–Crippen LogP) is 4.38. The molecule has 1 saturated heterocycles. The fourth-order valence-electron chi connectivity index (χ4n) is 4.84. The molecular formula is C25H27N5O2. The van der Waals surface area contributed by atoms with Crippen LogP contribution >= 0.6 is 0 Å². The molecule has 0 spiro atoms. The Morgan fingerprint density at radius 1 is 1.19 bits per heavy atom. The Labute approximate surface area is 187 Å². The van der Waals surface area contributed by atoms with Crippen molar-refractivity contribution >= 4 is 16.8 Å². The first-order valence-electron chi connectivity index (χ1n) is 10.9. The van der Waals surface area contributed by atoms with E-state index in [1.54, 1.807) is 7.11 Å². The summed E-state index contributed by atoms with van der Waals surface area (Å²) in [5.41, 5.74) is 3.72. The van der Waals surface area contributed by atoms with Gasteiger partial charge in [0.05, 0.1) is 25.0 Å². The van der Waals surface area contributed by atoms with E-state index in [4.69, 9.17) is 4.74 Å². The summed E-state index contributed by atoms with van der Waals surface area (Å²) < 4.78 is 7.36. The molecule has 1 aliphatic rings. The Morgan fingerprint density at radius 3 is 2.84 bits per heavy atom. The van der Waals surface area contributed by atoms with E-state index in [1.165, 1.54) is 0 Å². The van der Waals surface area contributed by atoms with Crippen molar-refractivity contribution in [2.75, 3.05) is 13.7 Å². The summed E-state index contributed by atoms with van der Waals surface area (Å²) in [6.07, 6.45) is 6.55. The number of amides is 1. The summed E-state index contributed by atoms with van der Waals surface area (Å²) in [6.45, 7) is 5.77. The van der Waals surface area contributed by atoms with Gasteiger partial charge in [-0.05, 0) is 62.1 Å². The van der Waals surface area contributed by atoms with Crippen molar-refractivity contribution in [3.8, 4) is 16.9 Å². The number of carbonyl (C=O) groups excluding carboxylic acids is 1. The molecular weight excluding hydrogens is 402 g/mol. The molecule has 1 unspecified atom stereocenters. The number of H-pyrrole nitrogens is 1. The highest BCUT2D eigenvalue weighted by atomic mass is 16.5. The molecule has 1 aliphatic heterocycles. The number of hydrogen-bond donors (Lipinski definition) is 1. The van der Waals surface area contributed by atoms with Crippen molar-refractivity contribution in [2.45, 2.75) is 32.4 Å². The van der Waals surface area contributed by atoms with Gasteiger partial charge in [-0.3, -0.25) is 14.6 Å². The van der Waals surface area contributed by atoms with Crippen LogP contribution in [0.15, 0.2) is 61.1 Å². The number of aromatic nitrogens is 4. The van der Waals surface area contributed by atoms with Crippen molar-refractivity contribution in [2.24, 2.45) is 5.92 Å². The average Bonchev–Trinajstić information content (AvgIpc) is 3.52. The lowest BCUT2D eigenvalue weighted by Crippen LogP contribution is -2.42. The van der Waals surface area contributed by atoms with Crippen LogP contribution in [0.1, 0.15) is 30.6 Å². The van der Waals surface area contributed by atoms with Crippen LogP contribution < -0.4 is 4.74 Å². The van der Waals surface area contributed by atoms with Crippen molar-refractivity contribution in [3.63, 3.8) is 0 Å². The van der Waals surface area contributed by atoms with Gasteiger partial charge in [0.1, 0.15) is 5.75 Å². The van der Waals surface area contributed by atoms with Gasteiger partial charge >= 0.3 is 0 Å². The molecule has 1 N–H and O–H groups in total. The molecule has 1 fully saturated rings. The molecule has 1 amide bonds. The van der Waals surface area contributed by atoms with Crippen LogP contribution in [-0.2, 0) is 6.54 Å². The first kappa shape index (κ1) is 20.3. The quantitative estimate of drug-likeness (QED) is 0.511. The molecule has 1 atom stereocenters. The summed E-state index contributed by atoms with van der Waals surface area (Å²) in [6, 6.07) is 13.7. The number of nitrogens with one attached hydrogen (secondary N) is 1.